The van der Waals surface area contributed by atoms with E-state index in [1.165, 1.54) is 0 Å². The summed E-state index contributed by atoms with van der Waals surface area (Å²) in [6.45, 7) is 5.28. The van der Waals surface area contributed by atoms with Crippen LogP contribution in [0.5, 0.6) is 0 Å². The summed E-state index contributed by atoms with van der Waals surface area (Å²) < 4.78 is 0. The molecule has 2 fully saturated rings. The van der Waals surface area contributed by atoms with E-state index >= 15 is 0 Å². The van der Waals surface area contributed by atoms with Gasteiger partial charge < -0.3 is 5.32 Å². The van der Waals surface area contributed by atoms with Crippen LogP contribution in [0.3, 0.4) is 0 Å². The van der Waals surface area contributed by atoms with E-state index in [2.05, 4.69) is 26.4 Å². The van der Waals surface area contributed by atoms with E-state index in [4.69, 9.17) is 0 Å². The van der Waals surface area contributed by atoms with Gasteiger partial charge in [0.2, 0.25) is 0 Å². The second kappa shape index (κ2) is 6.78. The Labute approximate surface area is 90.8 Å². The zero-order chi connectivity index (χ0) is 7.52. The molecule has 80 valence electrons. The molecule has 0 bridgehead atoms. The predicted octanol–water partition coefficient (Wildman–Crippen LogP) is -1.33. The van der Waals surface area contributed by atoms with Crippen molar-refractivity contribution in [2.24, 2.45) is 0 Å². The van der Waals surface area contributed by atoms with Gasteiger partial charge in [0.1, 0.15) is 6.29 Å². The third kappa shape index (κ3) is 3.55. The van der Waals surface area contributed by atoms with Crippen LogP contribution in [-0.4, -0.2) is 44.0 Å². The molecule has 0 aromatic rings. The minimum absolute atomic E-state index is 0. The Kier molecular flexibility index (Phi) is 6.98. The summed E-state index contributed by atoms with van der Waals surface area (Å²) in [6.07, 6.45) is 0.331. The number of hydrogen-bond donors (Lipinski definition) is 4. The summed E-state index contributed by atoms with van der Waals surface area (Å²) in [6, 6.07) is 0. The molecule has 2 rings (SSSR count). The zero-order valence-electron chi connectivity index (χ0n) is 7.38. The fourth-order valence-electron chi connectivity index (χ4n) is 1.51. The van der Waals surface area contributed by atoms with Gasteiger partial charge in [0, 0.05) is 26.2 Å². The quantitative estimate of drug-likeness (QED) is 0.450. The van der Waals surface area contributed by atoms with Gasteiger partial charge in [-0.3, -0.25) is 10.2 Å². The number of nitrogens with zero attached hydrogens (tertiary/aromatic N) is 1. The van der Waals surface area contributed by atoms with E-state index in [1.807, 2.05) is 0 Å². The second-order valence-corrected chi connectivity index (χ2v) is 2.89. The first-order valence-electron chi connectivity index (χ1n) is 4.13. The van der Waals surface area contributed by atoms with E-state index in [0.29, 0.717) is 6.29 Å². The van der Waals surface area contributed by atoms with Gasteiger partial charge in [-0.2, -0.15) is 0 Å². The number of piperazine rings is 1. The smallest absolute Gasteiger partial charge is 0.128 e. The van der Waals surface area contributed by atoms with Gasteiger partial charge >= 0.3 is 0 Å². The second-order valence-electron chi connectivity index (χ2n) is 2.89. The lowest BCUT2D eigenvalue weighted by Gasteiger charge is -2.31. The lowest BCUT2D eigenvalue weighted by Crippen LogP contribution is -2.56. The molecule has 2 saturated heterocycles. The van der Waals surface area contributed by atoms with E-state index < -0.39 is 0 Å². The van der Waals surface area contributed by atoms with Crippen molar-refractivity contribution in [1.82, 2.24) is 26.4 Å². The summed E-state index contributed by atoms with van der Waals surface area (Å²) in [7, 11) is 0. The first-order chi connectivity index (χ1) is 5.47. The van der Waals surface area contributed by atoms with E-state index in [0.717, 1.165) is 32.8 Å². The highest BCUT2D eigenvalue weighted by Crippen LogP contribution is 1.96. The summed E-state index contributed by atoms with van der Waals surface area (Å²) in [5.41, 5.74) is 6.21. The van der Waals surface area contributed by atoms with Gasteiger partial charge in [-0.05, 0) is 0 Å². The van der Waals surface area contributed by atoms with E-state index in [9.17, 15) is 0 Å². The van der Waals surface area contributed by atoms with E-state index in [-0.39, 0.29) is 24.8 Å². The highest BCUT2D eigenvalue weighted by atomic mass is 35.5. The Morgan fingerprint density at radius 3 is 2.31 bits per heavy atom. The summed E-state index contributed by atoms with van der Waals surface area (Å²) in [5, 5.41) is 6.62. The van der Waals surface area contributed by atoms with Gasteiger partial charge in [0.25, 0.3) is 0 Å². The van der Waals surface area contributed by atoms with Crippen LogP contribution in [0.25, 0.3) is 0 Å². The van der Waals surface area contributed by atoms with Crippen LogP contribution < -0.4 is 21.5 Å². The molecule has 0 aromatic carbocycles. The SMILES string of the molecule is C1CN(C2NCNN2)CCN1.Cl.Cl. The Balaban J connectivity index is 0.000000720. The minimum Gasteiger partial charge on any atom is -0.314 e. The van der Waals surface area contributed by atoms with Crippen molar-refractivity contribution in [1.29, 1.82) is 0 Å². The summed E-state index contributed by atoms with van der Waals surface area (Å²) >= 11 is 0. The predicted molar refractivity (Wildman–Crippen MR) is 57.0 cm³/mol. The Bertz CT molecular complexity index is 124. The van der Waals surface area contributed by atoms with Crippen LogP contribution in [0.1, 0.15) is 0 Å². The molecule has 0 saturated carbocycles. The average molecular weight is 230 g/mol. The highest BCUT2D eigenvalue weighted by molar-refractivity contribution is 5.85. The maximum Gasteiger partial charge on any atom is 0.128 e. The molecule has 0 aromatic heterocycles. The highest BCUT2D eigenvalue weighted by Gasteiger charge is 2.21. The molecule has 13 heavy (non-hydrogen) atoms. The van der Waals surface area contributed by atoms with Gasteiger partial charge in [-0.25, -0.2) is 10.9 Å². The number of rotatable bonds is 1. The molecule has 2 heterocycles. The van der Waals surface area contributed by atoms with Crippen molar-refractivity contribution in [3.63, 3.8) is 0 Å². The van der Waals surface area contributed by atoms with Crippen molar-refractivity contribution >= 4 is 24.8 Å². The Hall–Kier alpha value is 0.380. The largest absolute Gasteiger partial charge is 0.314 e. The number of hydrogen-bond acceptors (Lipinski definition) is 5. The lowest BCUT2D eigenvalue weighted by molar-refractivity contribution is 0.141. The fourth-order valence-corrected chi connectivity index (χ4v) is 1.51. The molecule has 1 atom stereocenters. The third-order valence-corrected chi connectivity index (χ3v) is 2.14. The minimum atomic E-state index is 0. The van der Waals surface area contributed by atoms with Crippen molar-refractivity contribution in [3.8, 4) is 0 Å². The molecule has 2 aliphatic heterocycles. The third-order valence-electron chi connectivity index (χ3n) is 2.14. The van der Waals surface area contributed by atoms with Gasteiger partial charge in [0.05, 0.1) is 6.67 Å². The van der Waals surface area contributed by atoms with Crippen LogP contribution in [0, 0.1) is 0 Å². The molecule has 5 nitrogen and oxygen atoms in total. The Morgan fingerprint density at radius 1 is 1.08 bits per heavy atom. The van der Waals surface area contributed by atoms with E-state index in [1.54, 1.807) is 0 Å². The number of nitrogens with one attached hydrogen (secondary N) is 4. The fraction of sp³-hybridized carbons (Fsp3) is 1.00. The van der Waals surface area contributed by atoms with Crippen LogP contribution in [-0.2, 0) is 0 Å². The van der Waals surface area contributed by atoms with Crippen LogP contribution in [0.15, 0.2) is 0 Å². The summed E-state index contributed by atoms with van der Waals surface area (Å²) in [4.78, 5) is 2.39. The van der Waals surface area contributed by atoms with Gasteiger partial charge in [0.15, 0.2) is 0 Å². The molecule has 1 unspecified atom stereocenters. The number of hydrazine groups is 1. The van der Waals surface area contributed by atoms with Crippen LogP contribution >= 0.6 is 24.8 Å². The first kappa shape index (κ1) is 13.4. The van der Waals surface area contributed by atoms with Crippen molar-refractivity contribution in [2.75, 3.05) is 32.8 Å². The molecule has 7 heteroatoms. The van der Waals surface area contributed by atoms with Crippen molar-refractivity contribution < 1.29 is 0 Å². The molecule has 4 N–H and O–H groups in total. The van der Waals surface area contributed by atoms with Crippen molar-refractivity contribution in [3.05, 3.63) is 0 Å². The molecular formula is C6H17Cl2N5. The van der Waals surface area contributed by atoms with Gasteiger partial charge in [-0.15, -0.1) is 24.8 Å². The van der Waals surface area contributed by atoms with Crippen LogP contribution in [0.2, 0.25) is 0 Å². The molecule has 0 radical (unpaired) electrons. The molecule has 2 aliphatic rings. The molecular weight excluding hydrogens is 213 g/mol. The number of halogens is 2. The molecule has 0 spiro atoms. The van der Waals surface area contributed by atoms with Crippen LogP contribution in [0.4, 0.5) is 0 Å². The first-order valence-corrected chi connectivity index (χ1v) is 4.13. The average Bonchev–Trinajstić information content (AvgIpc) is 2.58. The van der Waals surface area contributed by atoms with Crippen molar-refractivity contribution in [2.45, 2.75) is 6.29 Å². The standard InChI is InChI=1S/C6H15N5.2ClH/c1-3-11(4-2-7-1)6-8-5-9-10-6;;/h6-10H,1-5H2;2*1H. The zero-order valence-corrected chi connectivity index (χ0v) is 9.01. The normalized spacial score (nSPS) is 29.1. The monoisotopic (exact) mass is 229 g/mol. The topological polar surface area (TPSA) is 51.4 Å². The summed E-state index contributed by atoms with van der Waals surface area (Å²) in [5.74, 6) is 0. The maximum atomic E-state index is 3.32. The molecule has 0 amide bonds. The maximum absolute atomic E-state index is 3.32. The molecule has 0 aliphatic carbocycles. The lowest BCUT2D eigenvalue weighted by atomic mass is 10.4. The van der Waals surface area contributed by atoms with Gasteiger partial charge in [-0.1, -0.05) is 0 Å². The Morgan fingerprint density at radius 2 is 1.77 bits per heavy atom.